The Bertz CT molecular complexity index is 707. The van der Waals surface area contributed by atoms with E-state index in [4.69, 9.17) is 19.9 Å². The molecule has 3 amide bonds. The van der Waals surface area contributed by atoms with Gasteiger partial charge in [-0.1, -0.05) is 0 Å². The van der Waals surface area contributed by atoms with Gasteiger partial charge in [-0.05, 0) is 18.6 Å². The highest BCUT2D eigenvalue weighted by Gasteiger charge is 2.32. The quantitative estimate of drug-likeness (QED) is 0.799. The summed E-state index contributed by atoms with van der Waals surface area (Å²) in [4.78, 5) is 35.8. The van der Waals surface area contributed by atoms with Crippen LogP contribution in [0.5, 0.6) is 11.5 Å². The molecule has 3 rings (SSSR count). The second-order valence-corrected chi connectivity index (χ2v) is 5.88. The topological polar surface area (TPSA) is 120 Å². The molecule has 0 radical (unpaired) electrons. The van der Waals surface area contributed by atoms with Gasteiger partial charge in [-0.3, -0.25) is 9.59 Å². The lowest BCUT2D eigenvalue weighted by atomic mass is 10.2. The van der Waals surface area contributed by atoms with Crippen molar-refractivity contribution >= 4 is 23.6 Å². The van der Waals surface area contributed by atoms with Gasteiger partial charge in [0, 0.05) is 19.5 Å². The number of benzene rings is 1. The first kappa shape index (κ1) is 16.9. The monoisotopic (exact) mass is 349 g/mol. The minimum Gasteiger partial charge on any atom is -0.491 e. The molecule has 0 bridgehead atoms. The molecule has 1 aromatic carbocycles. The van der Waals surface area contributed by atoms with Gasteiger partial charge in [-0.15, -0.1) is 0 Å². The Kier molecular flexibility index (Phi) is 4.64. The molecular weight excluding hydrogens is 330 g/mol. The van der Waals surface area contributed by atoms with Gasteiger partial charge in [-0.25, -0.2) is 4.79 Å². The molecule has 0 aromatic heterocycles. The van der Waals surface area contributed by atoms with Gasteiger partial charge < -0.3 is 30.2 Å². The molecule has 134 valence electrons. The summed E-state index contributed by atoms with van der Waals surface area (Å²) in [6, 6.07) is 5.03. The molecule has 1 unspecified atom stereocenters. The van der Waals surface area contributed by atoms with E-state index in [1.807, 2.05) is 0 Å². The van der Waals surface area contributed by atoms with Crippen molar-refractivity contribution in [2.75, 3.05) is 25.2 Å². The maximum absolute atomic E-state index is 12.4. The molecule has 9 nitrogen and oxygen atoms in total. The molecular formula is C16H19N3O6. The van der Waals surface area contributed by atoms with E-state index < -0.39 is 18.1 Å². The molecule has 9 heteroatoms. The van der Waals surface area contributed by atoms with Gasteiger partial charge in [0.25, 0.3) is 5.91 Å². The first-order valence-electron chi connectivity index (χ1n) is 7.86. The van der Waals surface area contributed by atoms with Crippen molar-refractivity contribution in [3.05, 3.63) is 18.2 Å². The number of anilines is 1. The Labute approximate surface area is 144 Å². The minimum absolute atomic E-state index is 0.0183. The highest BCUT2D eigenvalue weighted by molar-refractivity contribution is 5.99. The van der Waals surface area contributed by atoms with Crippen molar-refractivity contribution < 1.29 is 28.6 Å². The summed E-state index contributed by atoms with van der Waals surface area (Å²) in [5.74, 6) is 0.581. The fraction of sp³-hybridized carbons (Fsp3) is 0.438. The zero-order valence-corrected chi connectivity index (χ0v) is 13.7. The zero-order valence-electron chi connectivity index (χ0n) is 13.7. The van der Waals surface area contributed by atoms with Crippen molar-refractivity contribution in [1.29, 1.82) is 0 Å². The number of fused-ring (bicyclic) bond motifs is 1. The first-order valence-corrected chi connectivity index (χ1v) is 7.86. The smallest absolute Gasteiger partial charge is 0.405 e. The lowest BCUT2D eigenvalue weighted by Crippen LogP contribution is -2.41. The average molecular weight is 349 g/mol. The number of carbonyl (C=O) groups excluding carboxylic acids is 3. The van der Waals surface area contributed by atoms with Crippen LogP contribution in [-0.2, 0) is 14.3 Å². The first-order chi connectivity index (χ1) is 11.9. The fourth-order valence-corrected chi connectivity index (χ4v) is 2.77. The van der Waals surface area contributed by atoms with Gasteiger partial charge in [0.2, 0.25) is 12.0 Å². The molecule has 3 N–H and O–H groups in total. The second-order valence-electron chi connectivity index (χ2n) is 5.88. The maximum atomic E-state index is 12.4. The molecule has 2 aliphatic rings. The van der Waals surface area contributed by atoms with Crippen LogP contribution in [0.3, 0.4) is 0 Å². The van der Waals surface area contributed by atoms with E-state index >= 15 is 0 Å². The van der Waals surface area contributed by atoms with Gasteiger partial charge in [0.05, 0.1) is 11.7 Å². The third-order valence-electron chi connectivity index (χ3n) is 4.08. The van der Waals surface area contributed by atoms with Crippen LogP contribution >= 0.6 is 0 Å². The molecule has 0 saturated carbocycles. The number of amides is 3. The van der Waals surface area contributed by atoms with E-state index in [1.165, 1.54) is 4.90 Å². The Morgan fingerprint density at radius 1 is 1.44 bits per heavy atom. The average Bonchev–Trinajstić information content (AvgIpc) is 2.96. The molecule has 0 spiro atoms. The van der Waals surface area contributed by atoms with Crippen molar-refractivity contribution in [1.82, 2.24) is 5.32 Å². The highest BCUT2D eigenvalue weighted by atomic mass is 16.6. The summed E-state index contributed by atoms with van der Waals surface area (Å²) in [5, 5.41) is 2.82. The molecule has 25 heavy (non-hydrogen) atoms. The molecule has 1 fully saturated rings. The molecule has 1 saturated heterocycles. The van der Waals surface area contributed by atoms with Crippen LogP contribution in [0.2, 0.25) is 0 Å². The largest absolute Gasteiger partial charge is 0.491 e. The van der Waals surface area contributed by atoms with E-state index in [9.17, 15) is 14.4 Å². The van der Waals surface area contributed by atoms with Crippen LogP contribution in [0.25, 0.3) is 0 Å². The Balaban J connectivity index is 1.71. The summed E-state index contributed by atoms with van der Waals surface area (Å²) in [7, 11) is 1.55. The lowest BCUT2D eigenvalue weighted by Gasteiger charge is -2.20. The summed E-state index contributed by atoms with van der Waals surface area (Å²) < 4.78 is 16.0. The normalized spacial score (nSPS) is 22.5. The van der Waals surface area contributed by atoms with E-state index in [2.05, 4.69) is 5.32 Å². The van der Waals surface area contributed by atoms with Gasteiger partial charge in [0.1, 0.15) is 24.7 Å². The van der Waals surface area contributed by atoms with Crippen molar-refractivity contribution in [2.24, 2.45) is 5.73 Å². The maximum Gasteiger partial charge on any atom is 0.405 e. The zero-order chi connectivity index (χ0) is 18.0. The van der Waals surface area contributed by atoms with Crippen molar-refractivity contribution in [3.63, 3.8) is 0 Å². The van der Waals surface area contributed by atoms with Crippen LogP contribution in [-0.4, -0.2) is 50.3 Å². The predicted octanol–water partition coefficient (Wildman–Crippen LogP) is 0.163. The molecule has 0 aliphatic carbocycles. The standard InChI is InChI=1S/C16H19N3O6/c1-19-11-6-10(23-7-9-2-5-14(20)18-9)3-4-12(11)24-8-13(15(19)21)25-16(17)22/h3-4,6,9,13H,2,5,7-8H2,1H3,(H2,17,22)(H,18,20)/t9?,13-/m0/s1. The number of ether oxygens (including phenoxy) is 3. The predicted molar refractivity (Wildman–Crippen MR) is 86.5 cm³/mol. The van der Waals surface area contributed by atoms with Crippen LogP contribution in [0.4, 0.5) is 10.5 Å². The minimum atomic E-state index is -1.10. The van der Waals surface area contributed by atoms with Crippen LogP contribution < -0.4 is 25.4 Å². The van der Waals surface area contributed by atoms with Gasteiger partial charge in [0.15, 0.2) is 0 Å². The number of hydrogen-bond donors (Lipinski definition) is 2. The highest BCUT2D eigenvalue weighted by Crippen LogP contribution is 2.34. The third kappa shape index (κ3) is 3.76. The summed E-state index contributed by atoms with van der Waals surface area (Å²) in [6.45, 7) is 0.226. The number of nitrogens with one attached hydrogen (secondary N) is 1. The number of nitrogens with zero attached hydrogens (tertiary/aromatic N) is 1. The number of primary amides is 1. The molecule has 2 heterocycles. The van der Waals surface area contributed by atoms with Crippen LogP contribution in [0.1, 0.15) is 12.8 Å². The Morgan fingerprint density at radius 2 is 2.24 bits per heavy atom. The SMILES string of the molecule is CN1C(=O)[C@@H](OC(N)=O)COc2ccc(OCC3CCC(=O)N3)cc21. The number of hydrogen-bond acceptors (Lipinski definition) is 6. The lowest BCUT2D eigenvalue weighted by molar-refractivity contribution is -0.127. The van der Waals surface area contributed by atoms with E-state index in [0.717, 1.165) is 6.42 Å². The Hall–Kier alpha value is -2.97. The third-order valence-corrected chi connectivity index (χ3v) is 4.08. The number of rotatable bonds is 4. The van der Waals surface area contributed by atoms with Crippen molar-refractivity contribution in [3.8, 4) is 11.5 Å². The summed E-state index contributed by atoms with van der Waals surface area (Å²) in [6.07, 6.45) is -0.904. The Morgan fingerprint density at radius 3 is 2.92 bits per heavy atom. The van der Waals surface area contributed by atoms with Crippen molar-refractivity contribution in [2.45, 2.75) is 25.0 Å². The second kappa shape index (κ2) is 6.88. The van der Waals surface area contributed by atoms with Crippen LogP contribution in [0, 0.1) is 0 Å². The molecule has 2 atom stereocenters. The summed E-state index contributed by atoms with van der Waals surface area (Å²) >= 11 is 0. The number of likely N-dealkylation sites (N-methyl/N-ethyl adjacent to an activating group) is 1. The molecule has 2 aliphatic heterocycles. The van der Waals surface area contributed by atoms with Gasteiger partial charge >= 0.3 is 6.09 Å². The number of carbonyl (C=O) groups is 3. The van der Waals surface area contributed by atoms with Gasteiger partial charge in [-0.2, -0.15) is 0 Å². The van der Waals surface area contributed by atoms with E-state index in [1.54, 1.807) is 25.2 Å². The van der Waals surface area contributed by atoms with Crippen LogP contribution in [0.15, 0.2) is 18.2 Å². The molecule has 1 aromatic rings. The van der Waals surface area contributed by atoms with E-state index in [-0.39, 0.29) is 18.6 Å². The summed E-state index contributed by atoms with van der Waals surface area (Å²) in [5.41, 5.74) is 5.48. The van der Waals surface area contributed by atoms with E-state index in [0.29, 0.717) is 30.2 Å². The fourth-order valence-electron chi connectivity index (χ4n) is 2.77. The number of nitrogens with two attached hydrogens (primary N) is 1.